The van der Waals surface area contributed by atoms with E-state index in [1.165, 1.54) is 6.92 Å². The third-order valence-corrected chi connectivity index (χ3v) is 6.93. The van der Waals surface area contributed by atoms with Gasteiger partial charge in [-0.05, 0) is 44.2 Å². The summed E-state index contributed by atoms with van der Waals surface area (Å²) in [6, 6.07) is 9.11. The van der Waals surface area contributed by atoms with Gasteiger partial charge in [-0.25, -0.2) is 8.42 Å². The highest BCUT2D eigenvalue weighted by atomic mass is 32.2. The molecule has 0 fully saturated rings. The zero-order chi connectivity index (χ0) is 17.3. The van der Waals surface area contributed by atoms with Crippen LogP contribution in [-0.4, -0.2) is 24.7 Å². The monoisotopic (exact) mass is 348 g/mol. The van der Waals surface area contributed by atoms with Crippen LogP contribution in [0.2, 0.25) is 0 Å². The van der Waals surface area contributed by atoms with Crippen molar-refractivity contribution in [2.45, 2.75) is 43.6 Å². The summed E-state index contributed by atoms with van der Waals surface area (Å²) in [5.41, 5.74) is 2.48. The molecule has 0 spiro atoms. The standard InChI is InChI=1S/C17H20N2O4S/c1-11-10-16(23-19-11)18-17(20)12(2)24(21,22)15-9-5-7-13-6-3-4-8-14(13)15/h3-4,6,8,10,12,15H,5,7,9H2,1-2H3,(H,18,20). The molecule has 0 saturated heterocycles. The Balaban J connectivity index is 1.84. The molecule has 0 aliphatic heterocycles. The zero-order valence-electron chi connectivity index (χ0n) is 13.7. The molecule has 0 bridgehead atoms. The van der Waals surface area contributed by atoms with Crippen LogP contribution >= 0.6 is 0 Å². The lowest BCUT2D eigenvalue weighted by Crippen LogP contribution is -2.36. The van der Waals surface area contributed by atoms with Gasteiger partial charge in [0.25, 0.3) is 0 Å². The number of aryl methyl sites for hydroxylation is 2. The van der Waals surface area contributed by atoms with Crippen molar-refractivity contribution in [3.8, 4) is 0 Å². The molecule has 7 heteroatoms. The maximum Gasteiger partial charge on any atom is 0.244 e. The van der Waals surface area contributed by atoms with Gasteiger partial charge in [0.2, 0.25) is 11.8 Å². The minimum atomic E-state index is -3.66. The summed E-state index contributed by atoms with van der Waals surface area (Å²) in [7, 11) is -3.66. The molecule has 3 rings (SSSR count). The highest BCUT2D eigenvalue weighted by Crippen LogP contribution is 2.37. The first kappa shape index (κ1) is 16.7. The van der Waals surface area contributed by atoms with Crippen LogP contribution in [0.3, 0.4) is 0 Å². The Morgan fingerprint density at radius 2 is 2.12 bits per heavy atom. The fourth-order valence-corrected chi connectivity index (χ4v) is 5.02. The van der Waals surface area contributed by atoms with Crippen molar-refractivity contribution in [3.05, 3.63) is 47.2 Å². The van der Waals surface area contributed by atoms with E-state index in [1.54, 1.807) is 13.0 Å². The van der Waals surface area contributed by atoms with Crippen LogP contribution in [0.1, 0.15) is 41.8 Å². The average molecular weight is 348 g/mol. The molecule has 2 unspecified atom stereocenters. The molecule has 1 aliphatic rings. The Hall–Kier alpha value is -2.15. The number of hydrogen-bond acceptors (Lipinski definition) is 5. The predicted octanol–water partition coefficient (Wildman–Crippen LogP) is 2.80. The number of fused-ring (bicyclic) bond motifs is 1. The summed E-state index contributed by atoms with van der Waals surface area (Å²) in [5, 5.41) is 4.35. The third kappa shape index (κ3) is 3.08. The first-order valence-electron chi connectivity index (χ1n) is 7.94. The van der Waals surface area contributed by atoms with Gasteiger partial charge in [0, 0.05) is 6.07 Å². The molecule has 2 atom stereocenters. The maximum absolute atomic E-state index is 13.0. The van der Waals surface area contributed by atoms with Gasteiger partial charge in [-0.3, -0.25) is 10.1 Å². The van der Waals surface area contributed by atoms with Crippen LogP contribution in [0.15, 0.2) is 34.9 Å². The summed E-state index contributed by atoms with van der Waals surface area (Å²) in [6.07, 6.45) is 2.22. The Kier molecular flexibility index (Phi) is 4.45. The minimum absolute atomic E-state index is 0.156. The summed E-state index contributed by atoms with van der Waals surface area (Å²) in [6.45, 7) is 3.14. The molecule has 0 saturated carbocycles. The predicted molar refractivity (Wildman–Crippen MR) is 90.4 cm³/mol. The molecule has 1 N–H and O–H groups in total. The number of benzene rings is 1. The van der Waals surface area contributed by atoms with Crippen molar-refractivity contribution in [3.63, 3.8) is 0 Å². The number of nitrogens with zero attached hydrogens (tertiary/aromatic N) is 1. The maximum atomic E-state index is 13.0. The van der Waals surface area contributed by atoms with E-state index in [0.29, 0.717) is 12.1 Å². The molecule has 6 nitrogen and oxygen atoms in total. The number of nitrogens with one attached hydrogen (secondary N) is 1. The van der Waals surface area contributed by atoms with E-state index < -0.39 is 26.2 Å². The second-order valence-corrected chi connectivity index (χ2v) is 8.59. The fraction of sp³-hybridized carbons (Fsp3) is 0.412. The van der Waals surface area contributed by atoms with E-state index in [9.17, 15) is 13.2 Å². The number of carbonyl (C=O) groups excluding carboxylic acids is 1. The topological polar surface area (TPSA) is 89.3 Å². The largest absolute Gasteiger partial charge is 0.338 e. The summed E-state index contributed by atoms with van der Waals surface area (Å²) in [4.78, 5) is 12.3. The highest BCUT2D eigenvalue weighted by Gasteiger charge is 2.38. The lowest BCUT2D eigenvalue weighted by atomic mass is 9.91. The molecule has 1 heterocycles. The van der Waals surface area contributed by atoms with Gasteiger partial charge in [0.15, 0.2) is 9.84 Å². The zero-order valence-corrected chi connectivity index (χ0v) is 14.5. The van der Waals surface area contributed by atoms with Crippen molar-refractivity contribution in [2.75, 3.05) is 5.32 Å². The number of amides is 1. The lowest BCUT2D eigenvalue weighted by Gasteiger charge is -2.27. The molecule has 24 heavy (non-hydrogen) atoms. The molecule has 1 aliphatic carbocycles. The van der Waals surface area contributed by atoms with E-state index in [1.807, 2.05) is 24.3 Å². The van der Waals surface area contributed by atoms with Crippen LogP contribution in [0.4, 0.5) is 5.88 Å². The van der Waals surface area contributed by atoms with E-state index >= 15 is 0 Å². The average Bonchev–Trinajstić information content (AvgIpc) is 2.98. The molecule has 2 aromatic rings. The third-order valence-electron chi connectivity index (χ3n) is 4.45. The van der Waals surface area contributed by atoms with E-state index in [4.69, 9.17) is 4.52 Å². The van der Waals surface area contributed by atoms with Gasteiger partial charge >= 0.3 is 0 Å². The van der Waals surface area contributed by atoms with Crippen molar-refractivity contribution in [1.29, 1.82) is 0 Å². The Morgan fingerprint density at radius 1 is 1.38 bits per heavy atom. The number of hydrogen-bond donors (Lipinski definition) is 1. The van der Waals surface area contributed by atoms with Gasteiger partial charge in [0.1, 0.15) is 5.25 Å². The SMILES string of the molecule is Cc1cc(NC(=O)C(C)S(=O)(=O)C2CCCc3ccccc32)on1. The summed E-state index contributed by atoms with van der Waals surface area (Å²) < 4.78 is 30.9. The normalized spacial score (nSPS) is 18.7. The van der Waals surface area contributed by atoms with Crippen LogP contribution < -0.4 is 5.32 Å². The second-order valence-electron chi connectivity index (χ2n) is 6.13. The fourth-order valence-electron chi connectivity index (χ4n) is 3.09. The summed E-state index contributed by atoms with van der Waals surface area (Å²) >= 11 is 0. The molecule has 1 aromatic heterocycles. The van der Waals surface area contributed by atoms with Crippen molar-refractivity contribution in [2.24, 2.45) is 0 Å². The molecule has 1 aromatic carbocycles. The van der Waals surface area contributed by atoms with E-state index in [0.717, 1.165) is 24.0 Å². The number of rotatable bonds is 4. The number of carbonyl (C=O) groups is 1. The molecule has 128 valence electrons. The quantitative estimate of drug-likeness (QED) is 0.918. The molecular weight excluding hydrogens is 328 g/mol. The van der Waals surface area contributed by atoms with E-state index in [-0.39, 0.29) is 5.88 Å². The van der Waals surface area contributed by atoms with Crippen molar-refractivity contribution >= 4 is 21.6 Å². The second kappa shape index (κ2) is 6.39. The van der Waals surface area contributed by atoms with Crippen LogP contribution in [0.5, 0.6) is 0 Å². The van der Waals surface area contributed by atoms with Crippen LogP contribution in [0, 0.1) is 6.92 Å². The van der Waals surface area contributed by atoms with Crippen LogP contribution in [0.25, 0.3) is 0 Å². The minimum Gasteiger partial charge on any atom is -0.338 e. The van der Waals surface area contributed by atoms with Crippen molar-refractivity contribution in [1.82, 2.24) is 5.16 Å². The van der Waals surface area contributed by atoms with Crippen molar-refractivity contribution < 1.29 is 17.7 Å². The van der Waals surface area contributed by atoms with Crippen LogP contribution in [-0.2, 0) is 21.1 Å². The Bertz CT molecular complexity index is 857. The lowest BCUT2D eigenvalue weighted by molar-refractivity contribution is -0.115. The van der Waals surface area contributed by atoms with Gasteiger partial charge < -0.3 is 4.52 Å². The molecule has 0 radical (unpaired) electrons. The van der Waals surface area contributed by atoms with E-state index in [2.05, 4.69) is 10.5 Å². The molecule has 1 amide bonds. The highest BCUT2D eigenvalue weighted by molar-refractivity contribution is 7.93. The Morgan fingerprint density at radius 3 is 2.83 bits per heavy atom. The van der Waals surface area contributed by atoms with Gasteiger partial charge in [-0.1, -0.05) is 29.4 Å². The first-order valence-corrected chi connectivity index (χ1v) is 9.55. The molecular formula is C17H20N2O4S. The smallest absolute Gasteiger partial charge is 0.244 e. The number of anilines is 1. The van der Waals surface area contributed by atoms with Gasteiger partial charge in [-0.2, -0.15) is 0 Å². The van der Waals surface area contributed by atoms with Gasteiger partial charge in [-0.15, -0.1) is 0 Å². The number of aromatic nitrogens is 1. The van der Waals surface area contributed by atoms with Gasteiger partial charge in [0.05, 0.1) is 10.9 Å². The Labute approximate surface area is 141 Å². The summed E-state index contributed by atoms with van der Waals surface area (Å²) in [5.74, 6) is -0.446. The number of sulfone groups is 1. The first-order chi connectivity index (χ1) is 11.4.